The Kier molecular flexibility index (Phi) is 10.4. The molecule has 2 heterocycles. The van der Waals surface area contributed by atoms with E-state index in [-0.39, 0.29) is 29.4 Å². The number of halogens is 1. The van der Waals surface area contributed by atoms with Crippen molar-refractivity contribution in [2.24, 2.45) is 0 Å². The van der Waals surface area contributed by atoms with Crippen molar-refractivity contribution >= 4 is 17.2 Å². The van der Waals surface area contributed by atoms with Gasteiger partial charge in [0.2, 0.25) is 5.43 Å². The van der Waals surface area contributed by atoms with Crippen LogP contribution in [0.4, 0.5) is 4.39 Å². The van der Waals surface area contributed by atoms with Gasteiger partial charge >= 0.3 is 0 Å². The van der Waals surface area contributed by atoms with Crippen molar-refractivity contribution in [2.45, 2.75) is 45.4 Å². The smallest absolute Gasteiger partial charge is 0.273 e. The van der Waals surface area contributed by atoms with Crippen molar-refractivity contribution in [3.05, 3.63) is 62.8 Å². The summed E-state index contributed by atoms with van der Waals surface area (Å²) in [5.74, 6) is -0.787. The Morgan fingerprint density at radius 2 is 1.94 bits per heavy atom. The first-order valence-electron chi connectivity index (χ1n) is 12.0. The molecule has 1 amide bonds. The molecule has 0 atom stereocenters. The molecule has 3 aromatic rings. The van der Waals surface area contributed by atoms with E-state index in [9.17, 15) is 14.0 Å². The summed E-state index contributed by atoms with van der Waals surface area (Å²) in [6.45, 7) is 2.83. The third-order valence-corrected chi connectivity index (χ3v) is 6.41. The monoisotopic (exact) mass is 517 g/mol. The van der Waals surface area contributed by atoms with Crippen LogP contribution in [0.1, 0.15) is 60.1 Å². The largest absolute Gasteiger partial charge is 0.487 e. The zero-order valence-electron chi connectivity index (χ0n) is 20.6. The molecule has 3 rings (SSSR count). The molecule has 1 aromatic carbocycles. The predicted octanol–water partition coefficient (Wildman–Crippen LogP) is 3.34. The molecule has 0 bridgehead atoms. The quantitative estimate of drug-likeness (QED) is 0.281. The number of amides is 1. The lowest BCUT2D eigenvalue weighted by atomic mass is 10.2. The van der Waals surface area contributed by atoms with Gasteiger partial charge < -0.3 is 20.6 Å². The first-order chi connectivity index (χ1) is 17.5. The second-order valence-corrected chi connectivity index (χ2v) is 9.25. The number of ether oxygens (including phenoxy) is 1. The number of aliphatic hydroxyl groups excluding tert-OH is 1. The van der Waals surface area contributed by atoms with Gasteiger partial charge in [0.25, 0.3) is 5.91 Å². The van der Waals surface area contributed by atoms with Crippen LogP contribution < -0.4 is 20.9 Å². The van der Waals surface area contributed by atoms with Crippen molar-refractivity contribution in [2.75, 3.05) is 32.2 Å². The number of hydrogen-bond donors (Lipinski definition) is 3. The summed E-state index contributed by atoms with van der Waals surface area (Å²) in [7, 11) is 1.64. The number of unbranched alkanes of at least 4 members (excludes halogenated alkanes) is 3. The van der Waals surface area contributed by atoms with Crippen LogP contribution in [0.25, 0.3) is 10.6 Å². The van der Waals surface area contributed by atoms with E-state index in [1.165, 1.54) is 34.3 Å². The number of nitrogens with zero attached hydrogens (tertiary/aromatic N) is 3. The molecule has 0 aliphatic rings. The Hall–Kier alpha value is -3.31. The minimum absolute atomic E-state index is 0.0431. The van der Waals surface area contributed by atoms with Gasteiger partial charge in [0.05, 0.1) is 12.2 Å². The molecule has 0 aliphatic carbocycles. The molecule has 11 heteroatoms. The molecule has 0 saturated heterocycles. The lowest BCUT2D eigenvalue weighted by molar-refractivity contribution is 0.0939. The van der Waals surface area contributed by atoms with E-state index < -0.39 is 11.3 Å². The molecule has 2 aromatic heterocycles. The molecule has 0 fully saturated rings. The highest BCUT2D eigenvalue weighted by Crippen LogP contribution is 2.26. The second-order valence-electron chi connectivity index (χ2n) is 8.19. The summed E-state index contributed by atoms with van der Waals surface area (Å²) in [5.41, 5.74) is 3.72. The normalized spacial score (nSPS) is 10.9. The van der Waals surface area contributed by atoms with Crippen molar-refractivity contribution in [3.63, 3.8) is 0 Å². The van der Waals surface area contributed by atoms with Gasteiger partial charge in [-0.25, -0.2) is 4.39 Å². The molecule has 36 heavy (non-hydrogen) atoms. The van der Waals surface area contributed by atoms with Crippen LogP contribution in [0.3, 0.4) is 0 Å². The molecule has 194 valence electrons. The number of nitrogens with one attached hydrogen (secondary N) is 2. The second kappa shape index (κ2) is 13.7. The summed E-state index contributed by atoms with van der Waals surface area (Å²) < 4.78 is 20.5. The van der Waals surface area contributed by atoms with Crippen LogP contribution in [0, 0.1) is 5.82 Å². The maximum absolute atomic E-state index is 13.5. The van der Waals surface area contributed by atoms with Crippen LogP contribution in [0.5, 0.6) is 5.75 Å². The Morgan fingerprint density at radius 3 is 2.64 bits per heavy atom. The zero-order chi connectivity index (χ0) is 25.9. The van der Waals surface area contributed by atoms with Gasteiger partial charge in [0, 0.05) is 32.8 Å². The number of hydrogen-bond acceptors (Lipinski definition) is 8. The molecule has 0 saturated carbocycles. The maximum atomic E-state index is 13.5. The van der Waals surface area contributed by atoms with Gasteiger partial charge in [-0.15, -0.1) is 10.2 Å². The summed E-state index contributed by atoms with van der Waals surface area (Å²) in [4.78, 5) is 26.6. The highest BCUT2D eigenvalue weighted by atomic mass is 32.1. The standard InChI is InChI=1S/C25H32FN5O4S/c1-3-4-14-35-23-21(24(34)28-12-6-5-7-13-32)31(27-2)16-19(22(23)33)25-30-29-20(36-25)15-17-8-10-18(26)11-9-17/h8-11,16,27,32H,3-7,12-15H2,1-2H3,(H,28,34). The summed E-state index contributed by atoms with van der Waals surface area (Å²) >= 11 is 1.26. The molecule has 0 spiro atoms. The Balaban J connectivity index is 1.92. The van der Waals surface area contributed by atoms with E-state index in [2.05, 4.69) is 20.9 Å². The minimum Gasteiger partial charge on any atom is -0.487 e. The van der Waals surface area contributed by atoms with Crippen LogP contribution >= 0.6 is 11.3 Å². The molecular weight excluding hydrogens is 485 g/mol. The number of aliphatic hydroxyl groups is 1. The highest BCUT2D eigenvalue weighted by Gasteiger charge is 2.25. The Morgan fingerprint density at radius 1 is 1.17 bits per heavy atom. The third kappa shape index (κ3) is 7.11. The van der Waals surface area contributed by atoms with Crippen LogP contribution in [0.15, 0.2) is 35.3 Å². The van der Waals surface area contributed by atoms with Crippen LogP contribution in [-0.2, 0) is 6.42 Å². The average molecular weight is 518 g/mol. The molecule has 3 N–H and O–H groups in total. The van der Waals surface area contributed by atoms with E-state index in [0.717, 1.165) is 24.8 Å². The van der Waals surface area contributed by atoms with Crippen LogP contribution in [0.2, 0.25) is 0 Å². The summed E-state index contributed by atoms with van der Waals surface area (Å²) in [6, 6.07) is 6.14. The van der Waals surface area contributed by atoms with Gasteiger partial charge in [0.15, 0.2) is 16.5 Å². The van der Waals surface area contributed by atoms with Gasteiger partial charge in [-0.2, -0.15) is 0 Å². The SMILES string of the molecule is CCCCOc1c(C(=O)NCCCCCO)n(NC)cc(-c2nnc(Cc3ccc(F)cc3)s2)c1=O. The van der Waals surface area contributed by atoms with E-state index >= 15 is 0 Å². The fourth-order valence-corrected chi connectivity index (χ4v) is 4.38. The lowest BCUT2D eigenvalue weighted by Gasteiger charge is -2.18. The Bertz CT molecular complexity index is 1200. The Labute approximate surface area is 213 Å². The highest BCUT2D eigenvalue weighted by molar-refractivity contribution is 7.14. The maximum Gasteiger partial charge on any atom is 0.273 e. The van der Waals surface area contributed by atoms with E-state index in [1.807, 2.05) is 6.92 Å². The van der Waals surface area contributed by atoms with Crippen molar-refractivity contribution in [3.8, 4) is 16.3 Å². The fraction of sp³-hybridized carbons (Fsp3) is 0.440. The van der Waals surface area contributed by atoms with Crippen molar-refractivity contribution < 1.29 is 19.0 Å². The first-order valence-corrected chi connectivity index (χ1v) is 12.9. The molecule has 0 unspecified atom stereocenters. The van der Waals surface area contributed by atoms with E-state index in [0.29, 0.717) is 42.4 Å². The number of carbonyl (C=O) groups excluding carboxylic acids is 1. The van der Waals surface area contributed by atoms with Gasteiger partial charge in [-0.1, -0.05) is 36.8 Å². The number of benzene rings is 1. The van der Waals surface area contributed by atoms with Gasteiger partial charge in [-0.3, -0.25) is 14.3 Å². The molecular formula is C25H32FN5O4S. The summed E-state index contributed by atoms with van der Waals surface area (Å²) in [6.07, 6.45) is 5.74. The van der Waals surface area contributed by atoms with Crippen LogP contribution in [-0.4, -0.2) is 52.7 Å². The lowest BCUT2D eigenvalue weighted by Crippen LogP contribution is -2.33. The van der Waals surface area contributed by atoms with Crippen molar-refractivity contribution in [1.82, 2.24) is 20.2 Å². The summed E-state index contributed by atoms with van der Waals surface area (Å²) in [5, 5.41) is 21.2. The predicted molar refractivity (Wildman–Crippen MR) is 138 cm³/mol. The first kappa shape index (κ1) is 27.3. The number of aromatic nitrogens is 3. The minimum atomic E-state index is -0.437. The van der Waals surface area contributed by atoms with E-state index in [1.54, 1.807) is 19.2 Å². The number of rotatable bonds is 14. The zero-order valence-corrected chi connectivity index (χ0v) is 21.4. The van der Waals surface area contributed by atoms with E-state index in [4.69, 9.17) is 9.84 Å². The topological polar surface area (TPSA) is 118 Å². The average Bonchev–Trinajstić information content (AvgIpc) is 3.34. The van der Waals surface area contributed by atoms with Gasteiger partial charge in [0.1, 0.15) is 10.8 Å². The van der Waals surface area contributed by atoms with Gasteiger partial charge in [-0.05, 0) is 43.4 Å². The number of pyridine rings is 1. The fourth-order valence-electron chi connectivity index (χ4n) is 3.50. The molecule has 0 aliphatic heterocycles. The van der Waals surface area contributed by atoms with Crippen molar-refractivity contribution in [1.29, 1.82) is 0 Å². The number of carbonyl (C=O) groups is 1. The molecule has 9 nitrogen and oxygen atoms in total. The molecule has 0 radical (unpaired) electrons. The third-order valence-electron chi connectivity index (χ3n) is 5.45.